The van der Waals surface area contributed by atoms with Crippen LogP contribution < -0.4 is 9.62 Å². The van der Waals surface area contributed by atoms with E-state index in [9.17, 15) is 18.0 Å². The quantitative estimate of drug-likeness (QED) is 0.187. The first kappa shape index (κ1) is 33.5. The number of sulfonamides is 1. The summed E-state index contributed by atoms with van der Waals surface area (Å²) in [5, 5.41) is 3.08. The second kappa shape index (κ2) is 15.0. The zero-order valence-corrected chi connectivity index (χ0v) is 27.6. The van der Waals surface area contributed by atoms with Crippen molar-refractivity contribution in [2.75, 3.05) is 10.8 Å². The van der Waals surface area contributed by atoms with E-state index in [1.807, 2.05) is 95.3 Å². The smallest absolute Gasteiger partial charge is 0.264 e. The fourth-order valence-corrected chi connectivity index (χ4v) is 6.73. The van der Waals surface area contributed by atoms with Gasteiger partial charge in [0.2, 0.25) is 11.8 Å². The van der Waals surface area contributed by atoms with E-state index in [0.717, 1.165) is 34.2 Å². The van der Waals surface area contributed by atoms with Crippen LogP contribution in [0.1, 0.15) is 48.1 Å². The van der Waals surface area contributed by atoms with Crippen LogP contribution in [0.4, 0.5) is 5.69 Å². The van der Waals surface area contributed by atoms with Gasteiger partial charge in [-0.3, -0.25) is 13.9 Å². The van der Waals surface area contributed by atoms with Gasteiger partial charge in [0.05, 0.1) is 10.6 Å². The van der Waals surface area contributed by atoms with Crippen LogP contribution in [0.25, 0.3) is 0 Å². The van der Waals surface area contributed by atoms with Gasteiger partial charge in [-0.1, -0.05) is 97.4 Å². The third-order valence-electron chi connectivity index (χ3n) is 8.16. The number of amides is 2. The molecule has 45 heavy (non-hydrogen) atoms. The predicted octanol–water partition coefficient (Wildman–Crippen LogP) is 6.36. The van der Waals surface area contributed by atoms with E-state index in [1.54, 1.807) is 30.3 Å². The van der Waals surface area contributed by atoms with Crippen molar-refractivity contribution >= 4 is 27.5 Å². The lowest BCUT2D eigenvalue weighted by atomic mass is 10.0. The van der Waals surface area contributed by atoms with Gasteiger partial charge in [-0.05, 0) is 74.6 Å². The molecule has 0 saturated heterocycles. The molecule has 0 aromatic heterocycles. The first-order valence-corrected chi connectivity index (χ1v) is 16.8. The molecule has 0 aliphatic rings. The second-order valence-corrected chi connectivity index (χ2v) is 13.4. The van der Waals surface area contributed by atoms with Crippen molar-refractivity contribution in [2.45, 2.75) is 71.0 Å². The maximum Gasteiger partial charge on any atom is 0.264 e. The number of nitrogens with zero attached hydrogens (tertiary/aromatic N) is 2. The van der Waals surface area contributed by atoms with Gasteiger partial charge in [0, 0.05) is 19.0 Å². The monoisotopic (exact) mass is 625 g/mol. The lowest BCUT2D eigenvalue weighted by Gasteiger charge is -2.34. The molecular weight excluding hydrogens is 582 g/mol. The van der Waals surface area contributed by atoms with E-state index >= 15 is 0 Å². The standard InChI is InChI=1S/C37H43N3O4S/c1-6-29(4)38-37(42)35(24-31-17-9-7-10-18-31)39(25-32-19-13-15-27(2)23-32)36(41)26-40(34-22-14-16-28(3)30(34)5)45(43,44)33-20-11-8-12-21-33/h7-23,29,35H,6,24-26H2,1-5H3,(H,38,42)/t29-,35-/m0/s1. The minimum atomic E-state index is -4.14. The Morgan fingerprint density at radius 1 is 0.800 bits per heavy atom. The molecule has 0 heterocycles. The van der Waals surface area contributed by atoms with Crippen molar-refractivity contribution in [3.05, 3.63) is 131 Å². The van der Waals surface area contributed by atoms with Crippen LogP contribution in [-0.4, -0.2) is 43.8 Å². The Bertz CT molecular complexity index is 1710. The lowest BCUT2D eigenvalue weighted by molar-refractivity contribution is -0.140. The van der Waals surface area contributed by atoms with Crippen molar-refractivity contribution in [3.63, 3.8) is 0 Å². The van der Waals surface area contributed by atoms with Crippen LogP contribution in [0.3, 0.4) is 0 Å². The molecule has 4 rings (SSSR count). The molecule has 4 aromatic rings. The summed E-state index contributed by atoms with van der Waals surface area (Å²) >= 11 is 0. The van der Waals surface area contributed by atoms with E-state index in [4.69, 9.17) is 0 Å². The summed E-state index contributed by atoms with van der Waals surface area (Å²) in [4.78, 5) is 30.2. The molecule has 0 spiro atoms. The molecule has 1 N–H and O–H groups in total. The molecule has 2 amide bonds. The summed E-state index contributed by atoms with van der Waals surface area (Å²) in [6, 6.07) is 29.9. The molecule has 0 aliphatic heterocycles. The molecule has 7 nitrogen and oxygen atoms in total. The average Bonchev–Trinajstić information content (AvgIpc) is 3.03. The van der Waals surface area contributed by atoms with Gasteiger partial charge in [0.25, 0.3) is 10.0 Å². The lowest BCUT2D eigenvalue weighted by Crippen LogP contribution is -2.54. The van der Waals surface area contributed by atoms with Crippen molar-refractivity contribution in [1.82, 2.24) is 10.2 Å². The largest absolute Gasteiger partial charge is 0.352 e. The Morgan fingerprint density at radius 2 is 1.42 bits per heavy atom. The highest BCUT2D eigenvalue weighted by atomic mass is 32.2. The van der Waals surface area contributed by atoms with Crippen LogP contribution in [0.5, 0.6) is 0 Å². The molecule has 236 valence electrons. The van der Waals surface area contributed by atoms with E-state index in [2.05, 4.69) is 5.32 Å². The zero-order chi connectivity index (χ0) is 32.6. The van der Waals surface area contributed by atoms with Crippen LogP contribution >= 0.6 is 0 Å². The summed E-state index contributed by atoms with van der Waals surface area (Å²) < 4.78 is 29.6. The first-order valence-electron chi connectivity index (χ1n) is 15.3. The fraction of sp³-hybridized carbons (Fsp3) is 0.297. The molecule has 0 aliphatic carbocycles. The van der Waals surface area contributed by atoms with E-state index < -0.39 is 28.5 Å². The molecule has 0 bridgehead atoms. The molecule has 0 saturated carbocycles. The van der Waals surface area contributed by atoms with Crippen LogP contribution in [0.15, 0.2) is 108 Å². The number of carbonyl (C=O) groups is 2. The molecule has 2 atom stereocenters. The maximum atomic E-state index is 14.6. The number of hydrogen-bond donors (Lipinski definition) is 1. The van der Waals surface area contributed by atoms with Crippen molar-refractivity contribution in [1.29, 1.82) is 0 Å². The fourth-order valence-electron chi connectivity index (χ4n) is 5.24. The Morgan fingerprint density at radius 3 is 2.07 bits per heavy atom. The van der Waals surface area contributed by atoms with Gasteiger partial charge in [-0.15, -0.1) is 0 Å². The Hall–Kier alpha value is -4.43. The molecule has 4 aromatic carbocycles. The van der Waals surface area contributed by atoms with E-state index in [-0.39, 0.29) is 29.8 Å². The Labute approximate surface area is 268 Å². The third-order valence-corrected chi connectivity index (χ3v) is 9.94. The van der Waals surface area contributed by atoms with Crippen LogP contribution in [-0.2, 0) is 32.6 Å². The summed E-state index contributed by atoms with van der Waals surface area (Å²) in [7, 11) is -4.14. The minimum Gasteiger partial charge on any atom is -0.352 e. The Balaban J connectivity index is 1.83. The average molecular weight is 626 g/mol. The van der Waals surface area contributed by atoms with Crippen molar-refractivity contribution in [2.24, 2.45) is 0 Å². The minimum absolute atomic E-state index is 0.0827. The number of nitrogens with one attached hydrogen (secondary N) is 1. The van der Waals surface area contributed by atoms with Crippen molar-refractivity contribution < 1.29 is 18.0 Å². The molecule has 0 unspecified atom stereocenters. The number of benzene rings is 4. The highest BCUT2D eigenvalue weighted by Gasteiger charge is 2.35. The summed E-state index contributed by atoms with van der Waals surface area (Å²) in [5.41, 5.74) is 4.85. The predicted molar refractivity (Wildman–Crippen MR) is 180 cm³/mol. The maximum absolute atomic E-state index is 14.6. The third kappa shape index (κ3) is 8.39. The van der Waals surface area contributed by atoms with Gasteiger partial charge in [-0.25, -0.2) is 8.42 Å². The summed E-state index contributed by atoms with van der Waals surface area (Å²) in [6.45, 7) is 9.31. The molecule has 0 radical (unpaired) electrons. The van der Waals surface area contributed by atoms with E-state index in [0.29, 0.717) is 5.69 Å². The highest BCUT2D eigenvalue weighted by molar-refractivity contribution is 7.92. The number of anilines is 1. The van der Waals surface area contributed by atoms with Crippen LogP contribution in [0, 0.1) is 20.8 Å². The van der Waals surface area contributed by atoms with E-state index in [1.165, 1.54) is 21.3 Å². The van der Waals surface area contributed by atoms with Gasteiger partial charge in [0.15, 0.2) is 0 Å². The first-order chi connectivity index (χ1) is 21.5. The molecule has 8 heteroatoms. The number of carbonyl (C=O) groups excluding carboxylic acids is 2. The normalized spacial score (nSPS) is 12.6. The number of rotatable bonds is 13. The summed E-state index contributed by atoms with van der Waals surface area (Å²) in [5.74, 6) is -0.754. The zero-order valence-electron chi connectivity index (χ0n) is 26.7. The molecular formula is C37H43N3O4S. The summed E-state index contributed by atoms with van der Waals surface area (Å²) in [6.07, 6.45) is 1.00. The van der Waals surface area contributed by atoms with Gasteiger partial charge >= 0.3 is 0 Å². The SMILES string of the molecule is CC[C@H](C)NC(=O)[C@H](Cc1ccccc1)N(Cc1cccc(C)c1)C(=O)CN(c1cccc(C)c1C)S(=O)(=O)c1ccccc1. The number of aryl methyl sites for hydroxylation is 2. The van der Waals surface area contributed by atoms with Gasteiger partial charge in [0.1, 0.15) is 12.6 Å². The topological polar surface area (TPSA) is 86.8 Å². The highest BCUT2D eigenvalue weighted by Crippen LogP contribution is 2.29. The second-order valence-electron chi connectivity index (χ2n) is 11.6. The number of hydrogen-bond acceptors (Lipinski definition) is 4. The van der Waals surface area contributed by atoms with Gasteiger partial charge < -0.3 is 10.2 Å². The van der Waals surface area contributed by atoms with Crippen molar-refractivity contribution in [3.8, 4) is 0 Å². The van der Waals surface area contributed by atoms with Crippen LogP contribution in [0.2, 0.25) is 0 Å². The van der Waals surface area contributed by atoms with Gasteiger partial charge in [-0.2, -0.15) is 0 Å². The molecule has 0 fully saturated rings. The Kier molecular flexibility index (Phi) is 11.2.